The second kappa shape index (κ2) is 8.57. The number of phenols is 1. The van der Waals surface area contributed by atoms with Crippen molar-refractivity contribution < 1.29 is 24.6 Å². The molecular formula is C19H16N4O5S. The summed E-state index contributed by atoms with van der Waals surface area (Å²) in [6.45, 7) is 0. The number of carboxylic acids is 1. The van der Waals surface area contributed by atoms with E-state index in [9.17, 15) is 19.5 Å². The van der Waals surface area contributed by atoms with Crippen molar-refractivity contribution in [1.82, 2.24) is 0 Å². The molecule has 9 nitrogen and oxygen atoms in total. The molecule has 10 heteroatoms. The summed E-state index contributed by atoms with van der Waals surface area (Å²) >= 11 is 0.910. The number of phenolic OH excluding ortho intramolecular Hbond substituents is 1. The highest BCUT2D eigenvalue weighted by atomic mass is 32.2. The number of benzene rings is 2. The molecule has 1 aliphatic heterocycles. The van der Waals surface area contributed by atoms with E-state index >= 15 is 0 Å². The lowest BCUT2D eigenvalue weighted by atomic mass is 10.2. The Labute approximate surface area is 169 Å². The number of rotatable bonds is 5. The Balaban J connectivity index is 1.67. The van der Waals surface area contributed by atoms with Crippen molar-refractivity contribution in [2.45, 2.75) is 11.7 Å². The molecule has 0 radical (unpaired) electrons. The van der Waals surface area contributed by atoms with Crippen LogP contribution in [0.15, 0.2) is 58.7 Å². The number of aromatic carboxylic acids is 1. The summed E-state index contributed by atoms with van der Waals surface area (Å²) in [5.41, 5.74) is 6.59. The third kappa shape index (κ3) is 4.61. The molecule has 0 bridgehead atoms. The van der Waals surface area contributed by atoms with Gasteiger partial charge in [-0.25, -0.2) is 9.69 Å². The molecule has 2 aromatic carbocycles. The molecule has 0 saturated carbocycles. The number of nitrogens with zero attached hydrogens (tertiary/aromatic N) is 3. The maximum atomic E-state index is 12.6. The van der Waals surface area contributed by atoms with Gasteiger partial charge in [0, 0.05) is 12.0 Å². The monoisotopic (exact) mass is 412 g/mol. The first-order chi connectivity index (χ1) is 13.9. The number of hydrogen-bond donors (Lipinski definition) is 3. The standard InChI is InChI=1S/C19H16N4O5S/c20-19(22-21-10-12-3-1-2-4-14(12)24)29-15-9-16(25)23(17(15)26)13-7-5-11(6-8-13)18(27)28/h1-8,10,15,24H,9H2,(H2,20,22)(H,27,28)/b21-10+/t15-/m0/s1. The summed E-state index contributed by atoms with van der Waals surface area (Å²) in [5, 5.41) is 25.4. The number of anilines is 1. The smallest absolute Gasteiger partial charge is 0.335 e. The predicted molar refractivity (Wildman–Crippen MR) is 109 cm³/mol. The summed E-state index contributed by atoms with van der Waals surface area (Å²) in [5.74, 6) is -1.94. The predicted octanol–water partition coefficient (Wildman–Crippen LogP) is 1.80. The lowest BCUT2D eigenvalue weighted by molar-refractivity contribution is -0.121. The van der Waals surface area contributed by atoms with E-state index in [2.05, 4.69) is 10.2 Å². The Kier molecular flexibility index (Phi) is 5.93. The van der Waals surface area contributed by atoms with Crippen LogP contribution in [0.3, 0.4) is 0 Å². The number of amidine groups is 1. The van der Waals surface area contributed by atoms with Gasteiger partial charge >= 0.3 is 5.97 Å². The molecule has 1 atom stereocenters. The van der Waals surface area contributed by atoms with E-state index in [4.69, 9.17) is 10.8 Å². The lowest BCUT2D eigenvalue weighted by Crippen LogP contribution is -2.31. The van der Waals surface area contributed by atoms with Crippen LogP contribution >= 0.6 is 11.8 Å². The van der Waals surface area contributed by atoms with Gasteiger partial charge in [0.15, 0.2) is 5.17 Å². The summed E-state index contributed by atoms with van der Waals surface area (Å²) in [7, 11) is 0. The average molecular weight is 412 g/mol. The van der Waals surface area contributed by atoms with E-state index in [-0.39, 0.29) is 22.9 Å². The van der Waals surface area contributed by atoms with E-state index in [0.717, 1.165) is 16.7 Å². The van der Waals surface area contributed by atoms with Gasteiger partial charge in [0.05, 0.1) is 17.5 Å². The van der Waals surface area contributed by atoms with Crippen LogP contribution < -0.4 is 10.6 Å². The van der Waals surface area contributed by atoms with Crippen molar-refractivity contribution in [3.05, 3.63) is 59.7 Å². The van der Waals surface area contributed by atoms with Gasteiger partial charge < -0.3 is 15.9 Å². The van der Waals surface area contributed by atoms with Gasteiger partial charge in [-0.15, -0.1) is 5.10 Å². The fourth-order valence-corrected chi connectivity index (χ4v) is 3.45. The van der Waals surface area contributed by atoms with Crippen LogP contribution in [0.5, 0.6) is 5.75 Å². The molecule has 1 aliphatic rings. The number of imide groups is 1. The molecule has 0 aliphatic carbocycles. The van der Waals surface area contributed by atoms with Crippen molar-refractivity contribution in [3.63, 3.8) is 0 Å². The summed E-state index contributed by atoms with van der Waals surface area (Å²) < 4.78 is 0. The van der Waals surface area contributed by atoms with E-state index in [1.165, 1.54) is 36.5 Å². The van der Waals surface area contributed by atoms with Crippen LogP contribution in [0.4, 0.5) is 5.69 Å². The van der Waals surface area contributed by atoms with E-state index in [1.54, 1.807) is 18.2 Å². The van der Waals surface area contributed by atoms with Crippen LogP contribution in [0, 0.1) is 0 Å². The van der Waals surface area contributed by atoms with Gasteiger partial charge in [-0.1, -0.05) is 23.9 Å². The number of nitrogens with two attached hydrogens (primary N) is 1. The Hall–Kier alpha value is -3.66. The van der Waals surface area contributed by atoms with Crippen LogP contribution in [0.1, 0.15) is 22.3 Å². The SMILES string of the molecule is NC(=N/N=C/c1ccccc1O)S[C@H]1CC(=O)N(c2ccc(C(=O)O)cc2)C1=O. The number of thioether (sulfide) groups is 1. The van der Waals surface area contributed by atoms with Crippen molar-refractivity contribution >= 4 is 46.6 Å². The molecule has 4 N–H and O–H groups in total. The second-order valence-electron chi connectivity index (χ2n) is 5.97. The molecule has 3 rings (SSSR count). The Morgan fingerprint density at radius 3 is 2.52 bits per heavy atom. The molecule has 0 spiro atoms. The fraction of sp³-hybridized carbons (Fsp3) is 0.105. The van der Waals surface area contributed by atoms with Crippen LogP contribution in [-0.2, 0) is 9.59 Å². The minimum Gasteiger partial charge on any atom is -0.507 e. The number of carbonyl (C=O) groups excluding carboxylic acids is 2. The van der Waals surface area contributed by atoms with Crippen LogP contribution in [-0.4, -0.2) is 44.6 Å². The molecule has 1 fully saturated rings. The molecule has 148 valence electrons. The number of hydrogen-bond acceptors (Lipinski definition) is 7. The largest absolute Gasteiger partial charge is 0.507 e. The third-order valence-corrected chi connectivity index (χ3v) is 5.01. The quantitative estimate of drug-likeness (QED) is 0.294. The van der Waals surface area contributed by atoms with Gasteiger partial charge in [0.1, 0.15) is 11.0 Å². The highest BCUT2D eigenvalue weighted by Gasteiger charge is 2.40. The summed E-state index contributed by atoms with van der Waals surface area (Å²) in [4.78, 5) is 36.8. The second-order valence-corrected chi connectivity index (χ2v) is 7.19. The Morgan fingerprint density at radius 1 is 1.17 bits per heavy atom. The molecule has 2 aromatic rings. The topological polar surface area (TPSA) is 146 Å². The molecule has 0 unspecified atom stereocenters. The molecular weight excluding hydrogens is 396 g/mol. The maximum Gasteiger partial charge on any atom is 0.335 e. The van der Waals surface area contributed by atoms with Gasteiger partial charge in [0.25, 0.3) is 0 Å². The maximum absolute atomic E-state index is 12.6. The number of carboxylic acid groups (broad SMARTS) is 1. The van der Waals surface area contributed by atoms with E-state index < -0.39 is 23.0 Å². The zero-order chi connectivity index (χ0) is 21.0. The van der Waals surface area contributed by atoms with Crippen molar-refractivity contribution in [2.75, 3.05) is 4.90 Å². The summed E-state index contributed by atoms with van der Waals surface area (Å²) in [6.07, 6.45) is 1.25. The molecule has 29 heavy (non-hydrogen) atoms. The van der Waals surface area contributed by atoms with Crippen molar-refractivity contribution in [1.29, 1.82) is 0 Å². The zero-order valence-corrected chi connectivity index (χ0v) is 15.7. The average Bonchev–Trinajstić information content (AvgIpc) is 2.96. The van der Waals surface area contributed by atoms with Crippen LogP contribution in [0.2, 0.25) is 0 Å². The first-order valence-electron chi connectivity index (χ1n) is 8.38. The molecule has 2 amide bonds. The van der Waals surface area contributed by atoms with Gasteiger partial charge in [-0.3, -0.25) is 9.59 Å². The molecule has 1 heterocycles. The number of para-hydroxylation sites is 1. The lowest BCUT2D eigenvalue weighted by Gasteiger charge is -2.14. The number of carbonyl (C=O) groups is 3. The van der Waals surface area contributed by atoms with E-state index in [0.29, 0.717) is 11.3 Å². The summed E-state index contributed by atoms with van der Waals surface area (Å²) in [6, 6.07) is 12.0. The van der Waals surface area contributed by atoms with Crippen LogP contribution in [0.25, 0.3) is 0 Å². The Morgan fingerprint density at radius 2 is 1.86 bits per heavy atom. The zero-order valence-electron chi connectivity index (χ0n) is 14.9. The molecule has 0 aromatic heterocycles. The number of amides is 2. The first kappa shape index (κ1) is 20.1. The number of aromatic hydroxyl groups is 1. The fourth-order valence-electron chi connectivity index (χ4n) is 2.63. The normalized spacial score (nSPS) is 17.3. The highest BCUT2D eigenvalue weighted by molar-refractivity contribution is 8.14. The third-order valence-electron chi connectivity index (χ3n) is 4.03. The first-order valence-corrected chi connectivity index (χ1v) is 9.26. The van der Waals surface area contributed by atoms with Gasteiger partial charge in [-0.05, 0) is 36.4 Å². The van der Waals surface area contributed by atoms with Gasteiger partial charge in [-0.2, -0.15) is 5.10 Å². The van der Waals surface area contributed by atoms with Gasteiger partial charge in [0.2, 0.25) is 11.8 Å². The van der Waals surface area contributed by atoms with Crippen molar-refractivity contribution in [2.24, 2.45) is 15.9 Å². The highest BCUT2D eigenvalue weighted by Crippen LogP contribution is 2.30. The minimum atomic E-state index is -1.10. The Bertz CT molecular complexity index is 1020. The molecule has 1 saturated heterocycles. The van der Waals surface area contributed by atoms with E-state index in [1.807, 2.05) is 0 Å². The van der Waals surface area contributed by atoms with Crippen molar-refractivity contribution in [3.8, 4) is 5.75 Å². The minimum absolute atomic E-state index is 0.00843.